The van der Waals surface area contributed by atoms with Crippen LogP contribution in [0, 0.1) is 0 Å². The van der Waals surface area contributed by atoms with Crippen LogP contribution in [0.3, 0.4) is 0 Å². The first-order chi connectivity index (χ1) is 9.66. The van der Waals surface area contributed by atoms with Crippen LogP contribution in [0.4, 0.5) is 5.69 Å². The van der Waals surface area contributed by atoms with Crippen molar-refractivity contribution in [3.8, 4) is 0 Å². The minimum Gasteiger partial charge on any atom is -0.478 e. The van der Waals surface area contributed by atoms with E-state index in [9.17, 15) is 18.3 Å². The normalized spacial score (nSPS) is 17.3. The van der Waals surface area contributed by atoms with Crippen LogP contribution < -0.4 is 5.32 Å². The fourth-order valence-electron chi connectivity index (χ4n) is 2.34. The maximum absolute atomic E-state index is 12.1. The first kappa shape index (κ1) is 15.8. The highest BCUT2D eigenvalue weighted by Crippen LogP contribution is 2.36. The second-order valence-electron chi connectivity index (χ2n) is 5.84. The number of benzene rings is 1. The molecule has 1 saturated carbocycles. The summed E-state index contributed by atoms with van der Waals surface area (Å²) in [6.45, 7) is 2.03. The Balaban J connectivity index is 2.43. The molecule has 0 aromatic heterocycles. The molecule has 21 heavy (non-hydrogen) atoms. The third kappa shape index (κ3) is 3.03. The van der Waals surface area contributed by atoms with Crippen molar-refractivity contribution in [2.75, 3.05) is 19.4 Å². The van der Waals surface area contributed by atoms with Gasteiger partial charge in [0.15, 0.2) is 0 Å². The van der Waals surface area contributed by atoms with Crippen LogP contribution in [0.5, 0.6) is 0 Å². The molecule has 0 amide bonds. The largest absolute Gasteiger partial charge is 0.478 e. The maximum atomic E-state index is 12.1. The molecule has 2 N–H and O–H groups in total. The summed E-state index contributed by atoms with van der Waals surface area (Å²) in [7, 11) is -0.815. The predicted octanol–water partition coefficient (Wildman–Crippen LogP) is 1.99. The third-order valence-corrected chi connectivity index (χ3v) is 5.70. The average Bonchev–Trinajstić information content (AvgIpc) is 2.36. The van der Waals surface area contributed by atoms with E-state index in [2.05, 4.69) is 5.32 Å². The minimum atomic E-state index is -3.64. The van der Waals surface area contributed by atoms with Crippen molar-refractivity contribution in [3.63, 3.8) is 0 Å². The van der Waals surface area contributed by atoms with E-state index in [4.69, 9.17) is 0 Å². The fourth-order valence-corrected chi connectivity index (χ4v) is 3.27. The number of carboxylic acids is 1. The molecule has 1 aliphatic carbocycles. The summed E-state index contributed by atoms with van der Waals surface area (Å²) in [6.07, 6.45) is 3.06. The van der Waals surface area contributed by atoms with Gasteiger partial charge < -0.3 is 10.4 Å². The monoisotopic (exact) mass is 312 g/mol. The van der Waals surface area contributed by atoms with Crippen LogP contribution in [0.25, 0.3) is 0 Å². The Morgan fingerprint density at radius 3 is 2.38 bits per heavy atom. The minimum absolute atomic E-state index is 0.0192. The molecule has 1 aromatic carbocycles. The number of aromatic carboxylic acids is 1. The number of nitrogens with zero attached hydrogens (tertiary/aromatic N) is 1. The lowest BCUT2D eigenvalue weighted by Crippen LogP contribution is -2.42. The highest BCUT2D eigenvalue weighted by atomic mass is 32.2. The number of hydrogen-bond acceptors (Lipinski definition) is 4. The van der Waals surface area contributed by atoms with Crippen molar-refractivity contribution in [2.45, 2.75) is 36.6 Å². The van der Waals surface area contributed by atoms with E-state index in [0.29, 0.717) is 5.69 Å². The lowest BCUT2D eigenvalue weighted by molar-refractivity contribution is 0.0697. The van der Waals surface area contributed by atoms with Gasteiger partial charge in [0, 0.05) is 25.3 Å². The fraction of sp³-hybridized carbons (Fsp3) is 0.500. The molecule has 1 aromatic rings. The molecule has 0 unspecified atom stereocenters. The molecule has 1 aliphatic rings. The highest BCUT2D eigenvalue weighted by Gasteiger charge is 2.32. The molecule has 0 bridgehead atoms. The molecule has 0 atom stereocenters. The van der Waals surface area contributed by atoms with E-state index in [-0.39, 0.29) is 16.0 Å². The Bertz CT molecular complexity index is 664. The molecule has 6 nitrogen and oxygen atoms in total. The molecule has 1 fully saturated rings. The van der Waals surface area contributed by atoms with Gasteiger partial charge in [0.2, 0.25) is 10.0 Å². The lowest BCUT2D eigenvalue weighted by Gasteiger charge is -2.40. The second-order valence-corrected chi connectivity index (χ2v) is 7.99. The molecule has 0 heterocycles. The second kappa shape index (κ2) is 5.31. The highest BCUT2D eigenvalue weighted by molar-refractivity contribution is 7.89. The van der Waals surface area contributed by atoms with Gasteiger partial charge in [0.25, 0.3) is 0 Å². The predicted molar refractivity (Wildman–Crippen MR) is 80.2 cm³/mol. The molecule has 116 valence electrons. The van der Waals surface area contributed by atoms with Gasteiger partial charge in [-0.05, 0) is 44.4 Å². The smallest absolute Gasteiger partial charge is 0.337 e. The maximum Gasteiger partial charge on any atom is 0.337 e. The van der Waals surface area contributed by atoms with Crippen molar-refractivity contribution in [2.24, 2.45) is 0 Å². The zero-order valence-corrected chi connectivity index (χ0v) is 13.2. The number of carboxylic acid groups (broad SMARTS) is 1. The lowest BCUT2D eigenvalue weighted by atomic mass is 9.78. The van der Waals surface area contributed by atoms with Crippen LogP contribution in [0.15, 0.2) is 23.1 Å². The topological polar surface area (TPSA) is 86.7 Å². The van der Waals surface area contributed by atoms with E-state index in [1.165, 1.54) is 32.3 Å². The SMILES string of the molecule is CN(C)S(=O)(=O)c1ccc(NC2(C)CCC2)c(C(=O)O)c1. The van der Waals surface area contributed by atoms with Crippen LogP contribution in [0.1, 0.15) is 36.5 Å². The molecule has 0 saturated heterocycles. The van der Waals surface area contributed by atoms with E-state index in [0.717, 1.165) is 23.6 Å². The number of nitrogens with one attached hydrogen (secondary N) is 1. The van der Waals surface area contributed by atoms with Crippen LogP contribution >= 0.6 is 0 Å². The Morgan fingerprint density at radius 2 is 1.95 bits per heavy atom. The van der Waals surface area contributed by atoms with Gasteiger partial charge in [-0.25, -0.2) is 17.5 Å². The summed E-state index contributed by atoms with van der Waals surface area (Å²) < 4.78 is 25.2. The molecule has 0 spiro atoms. The summed E-state index contributed by atoms with van der Waals surface area (Å²) in [6, 6.07) is 4.18. The molecule has 7 heteroatoms. The first-order valence-corrected chi connectivity index (χ1v) is 8.18. The van der Waals surface area contributed by atoms with Crippen LogP contribution in [-0.2, 0) is 10.0 Å². The molecule has 2 rings (SSSR count). The van der Waals surface area contributed by atoms with Gasteiger partial charge in [-0.3, -0.25) is 0 Å². The molecular formula is C14H20N2O4S. The number of sulfonamides is 1. The van der Waals surface area contributed by atoms with E-state index in [1.54, 1.807) is 0 Å². The Morgan fingerprint density at radius 1 is 1.33 bits per heavy atom. The van der Waals surface area contributed by atoms with Crippen molar-refractivity contribution in [3.05, 3.63) is 23.8 Å². The first-order valence-electron chi connectivity index (χ1n) is 6.74. The summed E-state index contributed by atoms with van der Waals surface area (Å²) >= 11 is 0. The van der Waals surface area contributed by atoms with E-state index >= 15 is 0 Å². The van der Waals surface area contributed by atoms with Crippen LogP contribution in [0.2, 0.25) is 0 Å². The number of hydrogen-bond donors (Lipinski definition) is 2. The number of carbonyl (C=O) groups is 1. The van der Waals surface area contributed by atoms with Gasteiger partial charge in [-0.15, -0.1) is 0 Å². The van der Waals surface area contributed by atoms with Gasteiger partial charge >= 0.3 is 5.97 Å². The standard InChI is InChI=1S/C14H20N2O4S/c1-14(7-4-8-14)15-12-6-5-10(9-11(12)13(17)18)21(19,20)16(2)3/h5-6,9,15H,4,7-8H2,1-3H3,(H,17,18). The molecule has 0 radical (unpaired) electrons. The zero-order valence-electron chi connectivity index (χ0n) is 12.4. The van der Waals surface area contributed by atoms with E-state index < -0.39 is 16.0 Å². The average molecular weight is 312 g/mol. The molecule has 0 aliphatic heterocycles. The summed E-state index contributed by atoms with van der Waals surface area (Å²) in [4.78, 5) is 11.4. The third-order valence-electron chi connectivity index (χ3n) is 3.89. The van der Waals surface area contributed by atoms with Gasteiger partial charge in [-0.1, -0.05) is 0 Å². The number of rotatable bonds is 5. The van der Waals surface area contributed by atoms with Gasteiger partial charge in [-0.2, -0.15) is 0 Å². The summed E-state index contributed by atoms with van der Waals surface area (Å²) in [5, 5.41) is 12.6. The van der Waals surface area contributed by atoms with Gasteiger partial charge in [0.05, 0.1) is 10.5 Å². The quantitative estimate of drug-likeness (QED) is 0.868. The summed E-state index contributed by atoms with van der Waals surface area (Å²) in [5.74, 6) is -1.14. The van der Waals surface area contributed by atoms with Crippen molar-refractivity contribution in [1.29, 1.82) is 0 Å². The number of anilines is 1. The summed E-state index contributed by atoms with van der Waals surface area (Å²) in [5.41, 5.74) is 0.333. The Labute approximate surface area is 124 Å². The van der Waals surface area contributed by atoms with Crippen LogP contribution in [-0.4, -0.2) is 43.4 Å². The van der Waals surface area contributed by atoms with E-state index in [1.807, 2.05) is 6.92 Å². The van der Waals surface area contributed by atoms with Crippen molar-refractivity contribution < 1.29 is 18.3 Å². The van der Waals surface area contributed by atoms with Crippen molar-refractivity contribution >= 4 is 21.7 Å². The van der Waals surface area contributed by atoms with Gasteiger partial charge in [0.1, 0.15) is 0 Å². The Hall–Kier alpha value is -1.60. The zero-order chi connectivity index (χ0) is 15.8. The van der Waals surface area contributed by atoms with Crippen molar-refractivity contribution in [1.82, 2.24) is 4.31 Å². The molecular weight excluding hydrogens is 292 g/mol. The Kier molecular flexibility index (Phi) is 3.99.